The number of hydrogen-bond acceptors (Lipinski definition) is 4. The van der Waals surface area contributed by atoms with Crippen molar-refractivity contribution in [2.24, 2.45) is 15.1 Å². The van der Waals surface area contributed by atoms with E-state index >= 15 is 0 Å². The number of aliphatic hydroxyl groups is 1. The molecule has 16 heavy (non-hydrogen) atoms. The molecule has 0 saturated carbocycles. The molecule has 1 N–H and O–H groups in total. The van der Waals surface area contributed by atoms with Gasteiger partial charge in [-0.2, -0.15) is 5.10 Å². The Morgan fingerprint density at radius 3 is 2.75 bits per heavy atom. The van der Waals surface area contributed by atoms with Gasteiger partial charge in [0.1, 0.15) is 11.5 Å². The van der Waals surface area contributed by atoms with Gasteiger partial charge in [0.2, 0.25) is 0 Å². The molecule has 1 aliphatic heterocycles. The van der Waals surface area contributed by atoms with Gasteiger partial charge in [0.25, 0.3) is 0 Å². The molecule has 1 heterocycles. The van der Waals surface area contributed by atoms with Crippen molar-refractivity contribution in [3.8, 4) is 0 Å². The zero-order valence-electron chi connectivity index (χ0n) is 9.38. The van der Waals surface area contributed by atoms with E-state index in [1.54, 1.807) is 19.1 Å². The van der Waals surface area contributed by atoms with Crippen LogP contribution < -0.4 is 0 Å². The molecule has 0 fully saturated rings. The third-order valence-corrected chi connectivity index (χ3v) is 2.00. The van der Waals surface area contributed by atoms with Gasteiger partial charge in [0, 0.05) is 20.3 Å². The minimum Gasteiger partial charge on any atom is -0.506 e. The molecule has 0 radical (unpaired) electrons. The van der Waals surface area contributed by atoms with Crippen LogP contribution in [-0.2, 0) is 0 Å². The normalized spacial score (nSPS) is 21.5. The van der Waals surface area contributed by atoms with Crippen LogP contribution in [0.2, 0.25) is 0 Å². The summed E-state index contributed by atoms with van der Waals surface area (Å²) in [6.45, 7) is 6.89. The summed E-state index contributed by atoms with van der Waals surface area (Å²) in [4.78, 5) is 7.75. The van der Waals surface area contributed by atoms with Crippen molar-refractivity contribution in [2.75, 3.05) is 14.1 Å². The average molecular weight is 218 g/mol. The molecule has 0 spiro atoms. The highest BCUT2D eigenvalue weighted by Gasteiger charge is 2.27. The van der Waals surface area contributed by atoms with E-state index in [1.807, 2.05) is 0 Å². The second-order valence-electron chi connectivity index (χ2n) is 3.03. The number of allylic oxidation sites excluding steroid dienone is 3. The maximum atomic E-state index is 9.75. The van der Waals surface area contributed by atoms with E-state index in [9.17, 15) is 5.11 Å². The quantitative estimate of drug-likeness (QED) is 0.443. The van der Waals surface area contributed by atoms with Gasteiger partial charge in [-0.3, -0.25) is 9.98 Å². The summed E-state index contributed by atoms with van der Waals surface area (Å²) in [5.41, 5.74) is 1.05. The summed E-state index contributed by atoms with van der Waals surface area (Å²) >= 11 is 0. The average Bonchev–Trinajstić information content (AvgIpc) is 2.56. The zero-order chi connectivity index (χ0) is 12.1. The van der Waals surface area contributed by atoms with Gasteiger partial charge < -0.3 is 5.11 Å². The topological polar surface area (TPSA) is 60.6 Å². The Morgan fingerprint density at radius 2 is 2.25 bits per heavy atom. The molecule has 0 bridgehead atoms. The van der Waals surface area contributed by atoms with E-state index in [2.05, 4.69) is 28.4 Å². The zero-order valence-corrected chi connectivity index (χ0v) is 9.38. The molecule has 84 valence electrons. The Morgan fingerprint density at radius 1 is 1.56 bits per heavy atom. The van der Waals surface area contributed by atoms with Gasteiger partial charge in [-0.15, -0.1) is 0 Å². The summed E-state index contributed by atoms with van der Waals surface area (Å²) in [5.74, 6) is 0.654. The number of nitrogens with zero attached hydrogens (tertiary/aromatic N) is 4. The standard InChI is InChI=1S/C11H14N4O/c1-5-6-9(16)10-8(7-12-2)11(13-3)15(4)14-10/h5-7,16H,1-2H2,3-4H3/b8-7-,9-6-,13-11+. The van der Waals surface area contributed by atoms with E-state index in [0.29, 0.717) is 17.1 Å². The van der Waals surface area contributed by atoms with E-state index < -0.39 is 0 Å². The first-order chi connectivity index (χ1) is 7.65. The maximum Gasteiger partial charge on any atom is 0.154 e. The largest absolute Gasteiger partial charge is 0.506 e. The van der Waals surface area contributed by atoms with Crippen molar-refractivity contribution in [1.29, 1.82) is 0 Å². The van der Waals surface area contributed by atoms with E-state index in [-0.39, 0.29) is 5.76 Å². The molecule has 0 amide bonds. The van der Waals surface area contributed by atoms with Gasteiger partial charge in [-0.05, 0) is 12.8 Å². The Bertz CT molecular complexity index is 429. The lowest BCUT2D eigenvalue weighted by atomic mass is 10.1. The number of likely N-dealkylation sites (N-methyl/N-ethyl adjacent to an activating group) is 1. The minimum absolute atomic E-state index is 0.0235. The smallest absolute Gasteiger partial charge is 0.154 e. The Hall–Kier alpha value is -2.17. The molecule has 5 heteroatoms. The second-order valence-corrected chi connectivity index (χ2v) is 3.03. The molecule has 0 aliphatic carbocycles. The molecule has 0 atom stereocenters. The fourth-order valence-corrected chi connectivity index (χ4v) is 1.39. The molecule has 0 aromatic rings. The van der Waals surface area contributed by atoms with Crippen molar-refractivity contribution >= 4 is 18.3 Å². The molecule has 0 aromatic carbocycles. The fraction of sp³-hybridized carbons (Fsp3) is 0.182. The van der Waals surface area contributed by atoms with Crippen molar-refractivity contribution in [1.82, 2.24) is 5.01 Å². The summed E-state index contributed by atoms with van der Waals surface area (Å²) < 4.78 is 0. The first-order valence-corrected chi connectivity index (χ1v) is 4.63. The number of amidine groups is 1. The Kier molecular flexibility index (Phi) is 3.77. The molecule has 1 rings (SSSR count). The summed E-state index contributed by atoms with van der Waals surface area (Å²) in [7, 11) is 3.39. The van der Waals surface area contributed by atoms with Crippen molar-refractivity contribution in [3.63, 3.8) is 0 Å². The molecule has 0 unspecified atom stereocenters. The highest BCUT2D eigenvalue weighted by Crippen LogP contribution is 2.18. The summed E-state index contributed by atoms with van der Waals surface area (Å²) in [5, 5.41) is 15.5. The van der Waals surface area contributed by atoms with Gasteiger partial charge in [-0.1, -0.05) is 12.7 Å². The fourth-order valence-electron chi connectivity index (χ4n) is 1.39. The molecule has 1 aliphatic rings. The van der Waals surface area contributed by atoms with Crippen LogP contribution in [0, 0.1) is 0 Å². The van der Waals surface area contributed by atoms with Crippen LogP contribution in [0.5, 0.6) is 0 Å². The van der Waals surface area contributed by atoms with Gasteiger partial charge in [-0.25, -0.2) is 5.01 Å². The van der Waals surface area contributed by atoms with E-state index in [0.717, 1.165) is 0 Å². The van der Waals surface area contributed by atoms with Crippen molar-refractivity contribution < 1.29 is 5.11 Å². The number of aliphatic hydroxyl groups excluding tert-OH is 1. The van der Waals surface area contributed by atoms with Gasteiger partial charge in [0.15, 0.2) is 5.84 Å². The lowest BCUT2D eigenvalue weighted by Crippen LogP contribution is -2.17. The van der Waals surface area contributed by atoms with Crippen LogP contribution in [0.1, 0.15) is 0 Å². The highest BCUT2D eigenvalue weighted by atomic mass is 16.3. The second kappa shape index (κ2) is 5.06. The first kappa shape index (κ1) is 11.9. The van der Waals surface area contributed by atoms with Crippen LogP contribution in [0.3, 0.4) is 0 Å². The van der Waals surface area contributed by atoms with Crippen molar-refractivity contribution in [3.05, 3.63) is 36.3 Å². The SMILES string of the molecule is C=C/C=C(\O)C1=NN(C)C(=N/C)/C1=C\N=C. The molecule has 5 nitrogen and oxygen atoms in total. The first-order valence-electron chi connectivity index (χ1n) is 4.63. The van der Waals surface area contributed by atoms with E-state index in [4.69, 9.17) is 0 Å². The Labute approximate surface area is 94.5 Å². The summed E-state index contributed by atoms with van der Waals surface area (Å²) in [6.07, 6.45) is 4.46. The number of aliphatic imine (C=N–C) groups is 2. The van der Waals surface area contributed by atoms with Crippen LogP contribution in [-0.4, -0.2) is 42.5 Å². The van der Waals surface area contributed by atoms with Crippen LogP contribution in [0.4, 0.5) is 0 Å². The molecular weight excluding hydrogens is 204 g/mol. The third kappa shape index (κ3) is 2.08. The van der Waals surface area contributed by atoms with Gasteiger partial charge >= 0.3 is 0 Å². The molecule has 0 saturated heterocycles. The van der Waals surface area contributed by atoms with Gasteiger partial charge in [0.05, 0.1) is 5.57 Å². The van der Waals surface area contributed by atoms with E-state index in [1.165, 1.54) is 18.4 Å². The Balaban J connectivity index is 3.24. The summed E-state index contributed by atoms with van der Waals surface area (Å²) in [6, 6.07) is 0. The predicted molar refractivity (Wildman–Crippen MR) is 67.1 cm³/mol. The predicted octanol–water partition coefficient (Wildman–Crippen LogP) is 1.53. The maximum absolute atomic E-state index is 9.75. The molecule has 0 aromatic heterocycles. The van der Waals surface area contributed by atoms with Crippen LogP contribution in [0.15, 0.2) is 51.3 Å². The number of hydrogen-bond donors (Lipinski definition) is 1. The molecular formula is C11H14N4O. The van der Waals surface area contributed by atoms with Crippen LogP contribution >= 0.6 is 0 Å². The number of rotatable bonds is 3. The number of hydrazone groups is 1. The monoisotopic (exact) mass is 218 g/mol. The van der Waals surface area contributed by atoms with Crippen molar-refractivity contribution in [2.45, 2.75) is 0 Å². The highest BCUT2D eigenvalue weighted by molar-refractivity contribution is 6.31. The third-order valence-electron chi connectivity index (χ3n) is 2.00. The lowest BCUT2D eigenvalue weighted by Gasteiger charge is -2.06. The van der Waals surface area contributed by atoms with Crippen LogP contribution in [0.25, 0.3) is 0 Å². The lowest BCUT2D eigenvalue weighted by molar-refractivity contribution is 0.441. The minimum atomic E-state index is 0.0235.